The van der Waals surface area contributed by atoms with Gasteiger partial charge in [-0.05, 0) is 30.7 Å². The number of halogens is 5. The van der Waals surface area contributed by atoms with Gasteiger partial charge in [-0.25, -0.2) is 0 Å². The standard InChI is InChI=1S/C29H32F5N5O5/c1-38(23(40)20(10-16-6-7-16)37-26(43)28(30,31)29(32,33)34)21(11-17-8-9-17)24(41)39-15-27(12-19(39)13-35)25(42)36-14-18-4-2-3-5-22(18)44-27/h2-5,16-17,19-21H,6-12,14-15H2,1H3,(H,36,42)(H,37,43)/t19-,20-,21-,27+/m0/s1. The molecule has 1 aromatic carbocycles. The van der Waals surface area contributed by atoms with Crippen LogP contribution in [0, 0.1) is 23.2 Å². The summed E-state index contributed by atoms with van der Waals surface area (Å²) in [5, 5.41) is 14.3. The molecule has 2 aliphatic heterocycles. The van der Waals surface area contributed by atoms with Crippen molar-refractivity contribution < 1.29 is 45.9 Å². The molecule has 0 radical (unpaired) electrons. The van der Waals surface area contributed by atoms with Crippen LogP contribution in [0.4, 0.5) is 22.0 Å². The molecule has 10 nitrogen and oxygen atoms in total. The normalized spacial score (nSPS) is 24.7. The van der Waals surface area contributed by atoms with Crippen molar-refractivity contribution in [3.8, 4) is 11.8 Å². The van der Waals surface area contributed by atoms with E-state index in [1.54, 1.807) is 29.6 Å². The molecular weight excluding hydrogens is 593 g/mol. The third-order valence-electron chi connectivity index (χ3n) is 8.75. The van der Waals surface area contributed by atoms with E-state index in [1.807, 2.05) is 6.07 Å². The van der Waals surface area contributed by atoms with Crippen LogP contribution in [0.5, 0.6) is 5.75 Å². The minimum Gasteiger partial charge on any atom is -0.475 e. The van der Waals surface area contributed by atoms with Crippen LogP contribution in [0.2, 0.25) is 0 Å². The average Bonchev–Trinajstić information content (AvgIpc) is 3.91. The lowest BCUT2D eigenvalue weighted by Crippen LogP contribution is -2.59. The number of carbonyl (C=O) groups excluding carboxylic acids is 4. The summed E-state index contributed by atoms with van der Waals surface area (Å²) in [5.74, 6) is -10.3. The van der Waals surface area contributed by atoms with Crippen LogP contribution in [0.3, 0.4) is 0 Å². The summed E-state index contributed by atoms with van der Waals surface area (Å²) >= 11 is 0. The smallest absolute Gasteiger partial charge is 0.463 e. The van der Waals surface area contributed by atoms with Crippen molar-refractivity contribution in [3.63, 3.8) is 0 Å². The first kappa shape index (κ1) is 31.5. The van der Waals surface area contributed by atoms with Crippen LogP contribution < -0.4 is 15.4 Å². The molecule has 4 aliphatic rings. The van der Waals surface area contributed by atoms with Crippen LogP contribution in [0.25, 0.3) is 0 Å². The van der Waals surface area contributed by atoms with Crippen LogP contribution >= 0.6 is 0 Å². The van der Waals surface area contributed by atoms with E-state index in [1.165, 1.54) is 7.05 Å². The first-order valence-corrected chi connectivity index (χ1v) is 14.4. The predicted octanol–water partition coefficient (Wildman–Crippen LogP) is 2.67. The minimum atomic E-state index is -6.16. The number of hydrogen-bond donors (Lipinski definition) is 2. The second-order valence-electron chi connectivity index (χ2n) is 12.1. The maximum absolute atomic E-state index is 14.1. The van der Waals surface area contributed by atoms with Gasteiger partial charge in [0.25, 0.3) is 5.91 Å². The van der Waals surface area contributed by atoms with Crippen LogP contribution in [0.15, 0.2) is 24.3 Å². The highest BCUT2D eigenvalue weighted by molar-refractivity contribution is 5.95. The molecule has 1 aromatic rings. The number of rotatable bonds is 9. The number of likely N-dealkylation sites (tertiary alicyclic amines) is 1. The second kappa shape index (κ2) is 11.5. The molecule has 2 aliphatic carbocycles. The van der Waals surface area contributed by atoms with Crippen molar-refractivity contribution in [2.45, 2.75) is 87.3 Å². The molecule has 15 heteroatoms. The lowest BCUT2D eigenvalue weighted by Gasteiger charge is -2.35. The zero-order chi connectivity index (χ0) is 32.0. The zero-order valence-corrected chi connectivity index (χ0v) is 23.8. The fraction of sp³-hybridized carbons (Fsp3) is 0.621. The molecule has 1 spiro atoms. The summed E-state index contributed by atoms with van der Waals surface area (Å²) in [6.07, 6.45) is -3.64. The van der Waals surface area contributed by atoms with E-state index in [-0.39, 0.29) is 44.2 Å². The van der Waals surface area contributed by atoms with Crippen molar-refractivity contribution in [1.29, 1.82) is 5.26 Å². The predicted molar refractivity (Wildman–Crippen MR) is 142 cm³/mol. The molecule has 2 N–H and O–H groups in total. The molecule has 4 amide bonds. The number of fused-ring (bicyclic) bond motifs is 1. The summed E-state index contributed by atoms with van der Waals surface area (Å²) < 4.78 is 72.3. The lowest BCUT2D eigenvalue weighted by atomic mass is 9.99. The summed E-state index contributed by atoms with van der Waals surface area (Å²) in [5.41, 5.74) is -0.895. The number of para-hydroxylation sites is 1. The summed E-state index contributed by atoms with van der Waals surface area (Å²) in [6.45, 7) is -0.140. The topological polar surface area (TPSA) is 132 Å². The second-order valence-corrected chi connectivity index (χ2v) is 12.1. The van der Waals surface area contributed by atoms with Crippen LogP contribution in [-0.2, 0) is 25.7 Å². The van der Waals surface area contributed by atoms with E-state index in [0.717, 1.165) is 22.6 Å². The lowest BCUT2D eigenvalue weighted by molar-refractivity contribution is -0.270. The highest BCUT2D eigenvalue weighted by Crippen LogP contribution is 2.40. The molecule has 44 heavy (non-hydrogen) atoms. The molecule has 238 valence electrons. The van der Waals surface area contributed by atoms with Gasteiger partial charge in [0.05, 0.1) is 12.6 Å². The van der Waals surface area contributed by atoms with E-state index in [2.05, 4.69) is 5.32 Å². The molecule has 4 atom stereocenters. The van der Waals surface area contributed by atoms with Crippen molar-refractivity contribution >= 4 is 23.6 Å². The quantitative estimate of drug-likeness (QED) is 0.406. The number of nitrogens with zero attached hydrogens (tertiary/aromatic N) is 3. The monoisotopic (exact) mass is 625 g/mol. The van der Waals surface area contributed by atoms with E-state index in [4.69, 9.17) is 4.74 Å². The first-order chi connectivity index (χ1) is 20.7. The fourth-order valence-corrected chi connectivity index (χ4v) is 5.77. The van der Waals surface area contributed by atoms with Gasteiger partial charge in [0.1, 0.15) is 23.9 Å². The number of nitrogens with one attached hydrogen (secondary N) is 2. The third kappa shape index (κ3) is 6.16. The van der Waals surface area contributed by atoms with Crippen molar-refractivity contribution in [3.05, 3.63) is 29.8 Å². The van der Waals surface area contributed by atoms with Crippen LogP contribution in [0.1, 0.15) is 50.5 Å². The number of benzene rings is 1. The van der Waals surface area contributed by atoms with E-state index in [9.17, 15) is 46.4 Å². The number of nitriles is 1. The highest BCUT2D eigenvalue weighted by atomic mass is 19.4. The number of alkyl halides is 5. The van der Waals surface area contributed by atoms with Crippen molar-refractivity contribution in [2.75, 3.05) is 13.6 Å². The molecular formula is C29H32F5N5O5. The van der Waals surface area contributed by atoms with Gasteiger partial charge in [0.2, 0.25) is 17.4 Å². The molecule has 2 heterocycles. The van der Waals surface area contributed by atoms with Crippen LogP contribution in [-0.4, -0.2) is 82.8 Å². The minimum absolute atomic E-state index is 0.0339. The Morgan fingerprint density at radius 1 is 1.14 bits per heavy atom. The van der Waals surface area contributed by atoms with E-state index >= 15 is 0 Å². The van der Waals surface area contributed by atoms with Gasteiger partial charge >= 0.3 is 18.0 Å². The Balaban J connectivity index is 1.39. The van der Waals surface area contributed by atoms with Crippen molar-refractivity contribution in [2.24, 2.45) is 11.8 Å². The number of likely N-dealkylation sites (N-methyl/N-ethyl adjacent to an activating group) is 1. The number of amides is 4. The van der Waals surface area contributed by atoms with E-state index < -0.39 is 59.5 Å². The number of hydrogen-bond acceptors (Lipinski definition) is 6. The Labute approximate surface area is 249 Å². The summed E-state index contributed by atoms with van der Waals surface area (Å²) in [6, 6.07) is 4.88. The van der Waals surface area contributed by atoms with E-state index in [0.29, 0.717) is 24.2 Å². The largest absolute Gasteiger partial charge is 0.475 e. The highest BCUT2D eigenvalue weighted by Gasteiger charge is 2.64. The van der Waals surface area contributed by atoms with Gasteiger partial charge in [-0.2, -0.15) is 27.2 Å². The third-order valence-corrected chi connectivity index (χ3v) is 8.75. The maximum Gasteiger partial charge on any atom is 0.463 e. The molecule has 0 bridgehead atoms. The summed E-state index contributed by atoms with van der Waals surface area (Å²) in [4.78, 5) is 55.1. The molecule has 3 fully saturated rings. The molecule has 5 rings (SSSR count). The Morgan fingerprint density at radius 2 is 1.77 bits per heavy atom. The Morgan fingerprint density at radius 3 is 2.39 bits per heavy atom. The van der Waals surface area contributed by atoms with Gasteiger partial charge in [-0.1, -0.05) is 43.9 Å². The maximum atomic E-state index is 14.1. The Bertz CT molecular complexity index is 1370. The first-order valence-electron chi connectivity index (χ1n) is 14.4. The van der Waals surface area contributed by atoms with Gasteiger partial charge in [0, 0.05) is 25.6 Å². The van der Waals surface area contributed by atoms with Gasteiger partial charge < -0.3 is 25.2 Å². The SMILES string of the molecule is CN(C(=O)[C@H](CC1CC1)NC(=O)C(F)(F)C(F)(F)F)[C@@H](CC1CC1)C(=O)N1C[C@@]2(C[C@H]1C#N)Oc1ccccc1CNC2=O. The molecule has 2 saturated carbocycles. The number of ether oxygens (including phenoxy) is 1. The molecule has 0 aromatic heterocycles. The summed E-state index contributed by atoms with van der Waals surface area (Å²) in [7, 11) is 1.22. The van der Waals surface area contributed by atoms with Gasteiger partial charge in [0.15, 0.2) is 0 Å². The van der Waals surface area contributed by atoms with Gasteiger partial charge in [-0.15, -0.1) is 0 Å². The van der Waals surface area contributed by atoms with Gasteiger partial charge in [-0.3, -0.25) is 19.2 Å². The Hall–Kier alpha value is -3.96. The fourth-order valence-electron chi connectivity index (χ4n) is 5.77. The molecule has 0 unspecified atom stereocenters. The Kier molecular flexibility index (Phi) is 8.24. The van der Waals surface area contributed by atoms with Crippen molar-refractivity contribution in [1.82, 2.24) is 20.4 Å². The number of carbonyl (C=O) groups is 4. The zero-order valence-electron chi connectivity index (χ0n) is 23.8. The average molecular weight is 626 g/mol. The molecule has 1 saturated heterocycles.